The fraction of sp³-hybridized carbons (Fsp3) is 0.542. The van der Waals surface area contributed by atoms with Crippen LogP contribution in [0.1, 0.15) is 12.8 Å². The number of carbonyl (C=O) groups is 6. The Morgan fingerprint density at radius 3 is 2.12 bits per heavy atom. The molecule has 1 aromatic heterocycles. The minimum absolute atomic E-state index is 0.00792. The number of methoxy groups -OCH3 is 1. The van der Waals surface area contributed by atoms with E-state index in [0.717, 1.165) is 22.6 Å². The summed E-state index contributed by atoms with van der Waals surface area (Å²) < 4.78 is 36.4. The van der Waals surface area contributed by atoms with E-state index >= 15 is 0 Å². The summed E-state index contributed by atoms with van der Waals surface area (Å²) in [5.74, 6) is -6.29. The highest BCUT2D eigenvalue weighted by molar-refractivity contribution is 5.96. The van der Waals surface area contributed by atoms with E-state index in [0.29, 0.717) is 26.2 Å². The van der Waals surface area contributed by atoms with E-state index in [4.69, 9.17) is 20.7 Å². The molecule has 42 heavy (non-hydrogen) atoms. The zero-order chi connectivity index (χ0) is 31.6. The number of ether oxygens (including phenoxy) is 1. The van der Waals surface area contributed by atoms with Gasteiger partial charge in [0.2, 0.25) is 17.7 Å². The number of hydrogen-bond donors (Lipinski definition) is 3. The van der Waals surface area contributed by atoms with Crippen LogP contribution in [0.25, 0.3) is 0 Å². The molecule has 1 aromatic rings. The molecule has 232 valence electrons. The Bertz CT molecular complexity index is 1150. The van der Waals surface area contributed by atoms with E-state index in [1.165, 1.54) is 0 Å². The second kappa shape index (κ2) is 14.9. The molecule has 2 aliphatic rings. The number of piperazine rings is 2. The molecule has 0 radical (unpaired) electrons. The lowest BCUT2D eigenvalue weighted by Gasteiger charge is -2.41. The van der Waals surface area contributed by atoms with Crippen LogP contribution in [0.4, 0.5) is 18.9 Å². The number of aromatic nitrogens is 1. The van der Waals surface area contributed by atoms with Gasteiger partial charge >= 0.3 is 24.1 Å². The van der Waals surface area contributed by atoms with Crippen molar-refractivity contribution in [2.45, 2.75) is 31.1 Å². The fourth-order valence-electron chi connectivity index (χ4n) is 4.25. The van der Waals surface area contributed by atoms with Crippen molar-refractivity contribution in [1.29, 1.82) is 0 Å². The molecule has 2 atom stereocenters. The molecule has 3 rings (SSSR count). The van der Waals surface area contributed by atoms with E-state index in [2.05, 4.69) is 14.6 Å². The highest BCUT2D eigenvalue weighted by Crippen LogP contribution is 2.19. The fourth-order valence-corrected chi connectivity index (χ4v) is 4.25. The number of nitrogens with two attached hydrogens (primary N) is 1. The molecule has 4 N–H and O–H groups in total. The van der Waals surface area contributed by atoms with Crippen LogP contribution in [0, 0.1) is 0 Å². The molecule has 3 heterocycles. The number of halogens is 3. The predicted molar refractivity (Wildman–Crippen MR) is 136 cm³/mol. The number of esters is 1. The highest BCUT2D eigenvalue weighted by atomic mass is 19.4. The van der Waals surface area contributed by atoms with Crippen molar-refractivity contribution in [2.75, 3.05) is 57.8 Å². The maximum absolute atomic E-state index is 13.1. The van der Waals surface area contributed by atoms with Gasteiger partial charge in [0, 0.05) is 57.3 Å². The number of carboxylic acids is 2. The van der Waals surface area contributed by atoms with Crippen LogP contribution < -0.4 is 10.6 Å². The van der Waals surface area contributed by atoms with Gasteiger partial charge in [-0.15, -0.1) is 0 Å². The van der Waals surface area contributed by atoms with Crippen molar-refractivity contribution in [1.82, 2.24) is 19.7 Å². The van der Waals surface area contributed by atoms with E-state index in [-0.39, 0.29) is 25.4 Å². The van der Waals surface area contributed by atoms with Gasteiger partial charge in [0.15, 0.2) is 0 Å². The summed E-state index contributed by atoms with van der Waals surface area (Å²) in [4.78, 5) is 80.5. The second-order valence-electron chi connectivity index (χ2n) is 9.17. The molecule has 18 heteroatoms. The van der Waals surface area contributed by atoms with Crippen LogP contribution in [-0.2, 0) is 33.5 Å². The largest absolute Gasteiger partial charge is 0.490 e. The monoisotopic (exact) mass is 604 g/mol. The normalized spacial score (nSPS) is 18.0. The van der Waals surface area contributed by atoms with E-state index in [1.807, 2.05) is 12.1 Å². The van der Waals surface area contributed by atoms with Crippen LogP contribution >= 0.6 is 0 Å². The van der Waals surface area contributed by atoms with Crippen molar-refractivity contribution in [3.63, 3.8) is 0 Å². The molecule has 0 bridgehead atoms. The maximum atomic E-state index is 13.1. The Labute approximate surface area is 237 Å². The summed E-state index contributed by atoms with van der Waals surface area (Å²) in [6, 6.07) is 1.34. The highest BCUT2D eigenvalue weighted by Gasteiger charge is 2.41. The Hall–Kier alpha value is -4.48. The smallest absolute Gasteiger partial charge is 0.480 e. The minimum Gasteiger partial charge on any atom is -0.480 e. The lowest BCUT2D eigenvalue weighted by atomic mass is 10.0. The number of rotatable bonds is 8. The first-order chi connectivity index (χ1) is 19.6. The molecular weight excluding hydrogens is 573 g/mol. The number of anilines is 1. The van der Waals surface area contributed by atoms with Gasteiger partial charge in [0.1, 0.15) is 12.6 Å². The standard InChI is InChI=1S/C22H30N6O7.C2HF3O2/c1-35-20(32)13-17-22(34)27(14-19(30)31)10-11-28(17)21(33)16(23)12-18(29)26-8-6-25(7-9-26)15-2-4-24-5-3-15;3-2(4,5)1(6)7/h2-5,16-17H,6-14,23H2,1H3,(H,30,31);(H,6,7). The van der Waals surface area contributed by atoms with Gasteiger partial charge in [0.25, 0.3) is 0 Å². The van der Waals surface area contributed by atoms with Crippen LogP contribution in [-0.4, -0.2) is 137 Å². The van der Waals surface area contributed by atoms with Gasteiger partial charge in [0.05, 0.1) is 26.0 Å². The van der Waals surface area contributed by atoms with Crippen LogP contribution in [0.3, 0.4) is 0 Å². The van der Waals surface area contributed by atoms with Crippen LogP contribution in [0.15, 0.2) is 24.5 Å². The molecule has 0 aromatic carbocycles. The number of nitrogens with zero attached hydrogens (tertiary/aromatic N) is 5. The third-order valence-corrected chi connectivity index (χ3v) is 6.40. The SMILES string of the molecule is COC(=O)CC1C(=O)N(CC(=O)O)CCN1C(=O)C(N)CC(=O)N1CCN(c2ccncc2)CC1.O=C(O)C(F)(F)F. The molecule has 2 aliphatic heterocycles. The van der Waals surface area contributed by atoms with Crippen molar-refractivity contribution in [3.05, 3.63) is 24.5 Å². The number of hydrogen-bond acceptors (Lipinski definition) is 10. The van der Waals surface area contributed by atoms with E-state index in [9.17, 15) is 37.1 Å². The minimum atomic E-state index is -5.08. The van der Waals surface area contributed by atoms with Crippen molar-refractivity contribution in [2.24, 2.45) is 5.73 Å². The summed E-state index contributed by atoms with van der Waals surface area (Å²) in [6.07, 6.45) is -2.36. The predicted octanol–water partition coefficient (Wildman–Crippen LogP) is -1.23. The lowest BCUT2D eigenvalue weighted by molar-refractivity contribution is -0.192. The first kappa shape index (κ1) is 33.7. The summed E-state index contributed by atoms with van der Waals surface area (Å²) in [5.41, 5.74) is 7.09. The third-order valence-electron chi connectivity index (χ3n) is 6.40. The van der Waals surface area contributed by atoms with Crippen molar-refractivity contribution in [3.8, 4) is 0 Å². The molecule has 15 nitrogen and oxygen atoms in total. The number of amides is 3. The first-order valence-electron chi connectivity index (χ1n) is 12.5. The number of aliphatic carboxylic acids is 2. The van der Waals surface area contributed by atoms with Crippen molar-refractivity contribution < 1.29 is 56.9 Å². The van der Waals surface area contributed by atoms with Gasteiger partial charge in [-0.05, 0) is 12.1 Å². The molecule has 0 aliphatic carbocycles. The first-order valence-corrected chi connectivity index (χ1v) is 12.5. The van der Waals surface area contributed by atoms with Gasteiger partial charge in [-0.3, -0.25) is 29.0 Å². The van der Waals surface area contributed by atoms with Gasteiger partial charge < -0.3 is 40.3 Å². The average molecular weight is 605 g/mol. The average Bonchev–Trinajstić information content (AvgIpc) is 2.94. The maximum Gasteiger partial charge on any atom is 0.490 e. The van der Waals surface area contributed by atoms with Crippen LogP contribution in [0.2, 0.25) is 0 Å². The Kier molecular flexibility index (Phi) is 12.0. The number of pyridine rings is 1. The Balaban J connectivity index is 0.000000782. The number of carboxylic acid groups (broad SMARTS) is 2. The zero-order valence-electron chi connectivity index (χ0n) is 22.5. The second-order valence-corrected chi connectivity index (χ2v) is 9.17. The lowest BCUT2D eigenvalue weighted by Crippen LogP contribution is -2.62. The number of alkyl halides is 3. The van der Waals surface area contributed by atoms with Gasteiger partial charge in [-0.2, -0.15) is 13.2 Å². The summed E-state index contributed by atoms with van der Waals surface area (Å²) in [7, 11) is 1.15. The molecular formula is C24H31F3N6O9. The van der Waals surface area contributed by atoms with Gasteiger partial charge in [-0.1, -0.05) is 0 Å². The molecule has 2 saturated heterocycles. The Morgan fingerprint density at radius 2 is 1.62 bits per heavy atom. The van der Waals surface area contributed by atoms with Crippen LogP contribution in [0.5, 0.6) is 0 Å². The summed E-state index contributed by atoms with van der Waals surface area (Å²) in [5, 5.41) is 16.2. The molecule has 3 amide bonds. The molecule has 2 fully saturated rings. The zero-order valence-corrected chi connectivity index (χ0v) is 22.5. The van der Waals surface area contributed by atoms with E-state index < -0.39 is 60.9 Å². The Morgan fingerprint density at radius 1 is 1.05 bits per heavy atom. The summed E-state index contributed by atoms with van der Waals surface area (Å²) in [6.45, 7) is 1.62. The van der Waals surface area contributed by atoms with Gasteiger partial charge in [-0.25, -0.2) is 4.79 Å². The molecule has 0 saturated carbocycles. The third kappa shape index (κ3) is 9.57. The van der Waals surface area contributed by atoms with E-state index in [1.54, 1.807) is 17.3 Å². The quantitative estimate of drug-likeness (QED) is 0.299. The molecule has 2 unspecified atom stereocenters. The summed E-state index contributed by atoms with van der Waals surface area (Å²) >= 11 is 0. The molecule has 0 spiro atoms. The number of carbonyl (C=O) groups excluding carboxylic acids is 4. The topological polar surface area (TPSA) is 204 Å². The van der Waals surface area contributed by atoms with Crippen molar-refractivity contribution >= 4 is 41.3 Å².